The van der Waals surface area contributed by atoms with Gasteiger partial charge in [-0.3, -0.25) is 0 Å². The van der Waals surface area contributed by atoms with Crippen molar-refractivity contribution >= 4 is 23.5 Å². The van der Waals surface area contributed by atoms with Gasteiger partial charge in [-0.05, 0) is 35.9 Å². The second kappa shape index (κ2) is 6.28. The quantitative estimate of drug-likeness (QED) is 0.885. The van der Waals surface area contributed by atoms with Crippen LogP contribution in [0.5, 0.6) is 5.75 Å². The van der Waals surface area contributed by atoms with Gasteiger partial charge in [0.15, 0.2) is 0 Å². The van der Waals surface area contributed by atoms with Crippen molar-refractivity contribution in [3.8, 4) is 5.75 Å². The van der Waals surface area contributed by atoms with E-state index in [2.05, 4.69) is 0 Å². The van der Waals surface area contributed by atoms with Crippen LogP contribution in [0.15, 0.2) is 42.5 Å². The second-order valence-corrected chi connectivity index (χ2v) is 4.65. The van der Waals surface area contributed by atoms with Gasteiger partial charge in [0.25, 0.3) is 0 Å². The summed E-state index contributed by atoms with van der Waals surface area (Å²) in [5.41, 5.74) is 1.05. The first-order valence-corrected chi connectivity index (χ1v) is 6.33. The van der Waals surface area contributed by atoms with Gasteiger partial charge in [0, 0.05) is 0 Å². The Bertz CT molecular complexity index is 679. The number of carboxylic acid groups (broad SMARTS) is 2. The van der Waals surface area contributed by atoms with Crippen molar-refractivity contribution in [2.24, 2.45) is 0 Å². The van der Waals surface area contributed by atoms with Crippen LogP contribution in [0.25, 0.3) is 0 Å². The highest BCUT2D eigenvalue weighted by Gasteiger charge is 2.08. The molecule has 21 heavy (non-hydrogen) atoms. The van der Waals surface area contributed by atoms with Crippen LogP contribution in [0.2, 0.25) is 5.02 Å². The maximum Gasteiger partial charge on any atom is 0.335 e. The van der Waals surface area contributed by atoms with Crippen molar-refractivity contribution in [1.82, 2.24) is 0 Å². The number of halogens is 1. The number of ether oxygens (including phenoxy) is 1. The molecule has 0 fully saturated rings. The summed E-state index contributed by atoms with van der Waals surface area (Å²) < 4.78 is 5.49. The number of hydrogen-bond donors (Lipinski definition) is 2. The Labute approximate surface area is 125 Å². The molecule has 0 bridgehead atoms. The summed E-state index contributed by atoms with van der Waals surface area (Å²) in [4.78, 5) is 21.5. The summed E-state index contributed by atoms with van der Waals surface area (Å²) in [6.45, 7) is 0.200. The van der Waals surface area contributed by atoms with E-state index in [4.69, 9.17) is 26.6 Å². The molecule has 6 heteroatoms. The maximum atomic E-state index is 10.8. The minimum atomic E-state index is -1.06. The van der Waals surface area contributed by atoms with Crippen LogP contribution in [0.1, 0.15) is 26.3 Å². The van der Waals surface area contributed by atoms with Crippen LogP contribution in [0, 0.1) is 0 Å². The number of carbonyl (C=O) groups is 2. The molecule has 0 heterocycles. The largest absolute Gasteiger partial charge is 0.487 e. The molecule has 2 N–H and O–H groups in total. The molecule has 0 radical (unpaired) electrons. The van der Waals surface area contributed by atoms with Gasteiger partial charge in [0.1, 0.15) is 12.4 Å². The maximum absolute atomic E-state index is 10.8. The van der Waals surface area contributed by atoms with E-state index in [0.29, 0.717) is 5.75 Å². The summed E-state index contributed by atoms with van der Waals surface area (Å²) >= 11 is 5.94. The molecular formula is C15H11ClO5. The first kappa shape index (κ1) is 14.9. The molecule has 0 spiro atoms. The van der Waals surface area contributed by atoms with Crippen LogP contribution in [-0.2, 0) is 6.61 Å². The highest BCUT2D eigenvalue weighted by Crippen LogP contribution is 2.26. The first-order chi connectivity index (χ1) is 9.97. The minimum Gasteiger partial charge on any atom is -0.487 e. The molecule has 0 amide bonds. The fourth-order valence-electron chi connectivity index (χ4n) is 1.66. The number of hydrogen-bond acceptors (Lipinski definition) is 3. The molecule has 2 aromatic carbocycles. The Morgan fingerprint density at radius 3 is 2.05 bits per heavy atom. The monoisotopic (exact) mass is 306 g/mol. The average Bonchev–Trinajstić information content (AvgIpc) is 2.46. The SMILES string of the molecule is O=C(O)c1ccc(COc2ccc(C(=O)O)cc2Cl)cc1. The lowest BCUT2D eigenvalue weighted by atomic mass is 10.1. The molecule has 0 aliphatic heterocycles. The molecule has 0 atom stereocenters. The smallest absolute Gasteiger partial charge is 0.335 e. The van der Waals surface area contributed by atoms with E-state index in [0.717, 1.165) is 5.56 Å². The summed E-state index contributed by atoms with van der Waals surface area (Å²) in [7, 11) is 0. The third-order valence-electron chi connectivity index (χ3n) is 2.77. The van der Waals surface area contributed by atoms with Crippen molar-refractivity contribution in [2.75, 3.05) is 0 Å². The van der Waals surface area contributed by atoms with Gasteiger partial charge in [-0.25, -0.2) is 9.59 Å². The van der Waals surface area contributed by atoms with Crippen LogP contribution < -0.4 is 4.74 Å². The predicted molar refractivity (Wildman–Crippen MR) is 76.1 cm³/mol. The third-order valence-corrected chi connectivity index (χ3v) is 3.07. The van der Waals surface area contributed by atoms with E-state index < -0.39 is 11.9 Å². The fourth-order valence-corrected chi connectivity index (χ4v) is 1.89. The molecule has 2 rings (SSSR count). The zero-order chi connectivity index (χ0) is 15.4. The summed E-state index contributed by atoms with van der Waals surface area (Å²) in [5, 5.41) is 17.8. The Morgan fingerprint density at radius 1 is 0.952 bits per heavy atom. The zero-order valence-corrected chi connectivity index (χ0v) is 11.5. The Hall–Kier alpha value is -2.53. The lowest BCUT2D eigenvalue weighted by Gasteiger charge is -2.09. The van der Waals surface area contributed by atoms with Crippen molar-refractivity contribution in [1.29, 1.82) is 0 Å². The van der Waals surface area contributed by atoms with E-state index in [1.807, 2.05) is 0 Å². The molecule has 0 saturated carbocycles. The molecule has 0 aromatic heterocycles. The molecule has 0 aliphatic rings. The summed E-state index contributed by atoms with van der Waals surface area (Å²) in [6.07, 6.45) is 0. The van der Waals surface area contributed by atoms with Gasteiger partial charge in [-0.2, -0.15) is 0 Å². The predicted octanol–water partition coefficient (Wildman–Crippen LogP) is 3.32. The van der Waals surface area contributed by atoms with Gasteiger partial charge in [0.05, 0.1) is 16.1 Å². The molecule has 108 valence electrons. The van der Waals surface area contributed by atoms with E-state index in [9.17, 15) is 9.59 Å². The number of benzene rings is 2. The first-order valence-electron chi connectivity index (χ1n) is 5.95. The number of rotatable bonds is 5. The normalized spacial score (nSPS) is 10.1. The van der Waals surface area contributed by atoms with Gasteiger partial charge in [-0.1, -0.05) is 23.7 Å². The van der Waals surface area contributed by atoms with Gasteiger partial charge in [0.2, 0.25) is 0 Å². The Kier molecular flexibility index (Phi) is 4.45. The van der Waals surface area contributed by atoms with Gasteiger partial charge >= 0.3 is 11.9 Å². The van der Waals surface area contributed by atoms with Gasteiger partial charge < -0.3 is 14.9 Å². The van der Waals surface area contributed by atoms with E-state index in [1.165, 1.54) is 30.3 Å². The highest BCUT2D eigenvalue weighted by atomic mass is 35.5. The standard InChI is InChI=1S/C15H11ClO5/c16-12-7-11(15(19)20)5-6-13(12)21-8-9-1-3-10(4-2-9)14(17)18/h1-7H,8H2,(H,17,18)(H,19,20). The molecule has 0 unspecified atom stereocenters. The second-order valence-electron chi connectivity index (χ2n) is 4.24. The highest BCUT2D eigenvalue weighted by molar-refractivity contribution is 6.32. The van der Waals surface area contributed by atoms with Crippen molar-refractivity contribution in [3.05, 3.63) is 64.2 Å². The van der Waals surface area contributed by atoms with E-state index in [-0.39, 0.29) is 22.8 Å². The summed E-state index contributed by atoms with van der Waals surface area (Å²) in [6, 6.07) is 10.4. The third kappa shape index (κ3) is 3.73. The molecule has 0 aliphatic carbocycles. The van der Waals surface area contributed by atoms with Crippen LogP contribution in [-0.4, -0.2) is 22.2 Å². The van der Waals surface area contributed by atoms with Crippen molar-refractivity contribution in [3.63, 3.8) is 0 Å². The van der Waals surface area contributed by atoms with Gasteiger partial charge in [-0.15, -0.1) is 0 Å². The van der Waals surface area contributed by atoms with Crippen LogP contribution in [0.3, 0.4) is 0 Å². The van der Waals surface area contributed by atoms with Crippen molar-refractivity contribution in [2.45, 2.75) is 6.61 Å². The van der Waals surface area contributed by atoms with Crippen molar-refractivity contribution < 1.29 is 24.5 Å². The topological polar surface area (TPSA) is 83.8 Å². The number of carboxylic acids is 2. The lowest BCUT2D eigenvalue weighted by Crippen LogP contribution is -2.00. The zero-order valence-electron chi connectivity index (χ0n) is 10.7. The number of aromatic carboxylic acids is 2. The lowest BCUT2D eigenvalue weighted by molar-refractivity contribution is 0.0686. The van der Waals surface area contributed by atoms with E-state index in [1.54, 1.807) is 12.1 Å². The minimum absolute atomic E-state index is 0.0816. The molecule has 0 saturated heterocycles. The average molecular weight is 307 g/mol. The molecular weight excluding hydrogens is 296 g/mol. The Morgan fingerprint density at radius 2 is 1.52 bits per heavy atom. The van der Waals surface area contributed by atoms with E-state index >= 15 is 0 Å². The van der Waals surface area contributed by atoms with Crippen LogP contribution >= 0.6 is 11.6 Å². The van der Waals surface area contributed by atoms with Crippen LogP contribution in [0.4, 0.5) is 0 Å². The Balaban J connectivity index is 2.06. The molecule has 5 nitrogen and oxygen atoms in total. The molecule has 2 aromatic rings. The fraction of sp³-hybridized carbons (Fsp3) is 0.0667. The summed E-state index contributed by atoms with van der Waals surface area (Å²) in [5.74, 6) is -1.69.